The van der Waals surface area contributed by atoms with Gasteiger partial charge < -0.3 is 10.4 Å². The average Bonchev–Trinajstić information content (AvgIpc) is 2.85. The molecule has 1 saturated carbocycles. The second-order valence-corrected chi connectivity index (χ2v) is 6.33. The first-order chi connectivity index (χ1) is 8.60. The van der Waals surface area contributed by atoms with E-state index in [2.05, 4.69) is 10.3 Å². The number of thioether (sulfide) groups is 1. The van der Waals surface area contributed by atoms with Gasteiger partial charge >= 0.3 is 5.97 Å². The summed E-state index contributed by atoms with van der Waals surface area (Å²) < 4.78 is 0. The van der Waals surface area contributed by atoms with Crippen molar-refractivity contribution in [2.45, 2.75) is 19.3 Å². The van der Waals surface area contributed by atoms with Gasteiger partial charge in [0.1, 0.15) is 0 Å². The third-order valence-electron chi connectivity index (χ3n) is 2.80. The Morgan fingerprint density at radius 2 is 2.33 bits per heavy atom. The highest BCUT2D eigenvalue weighted by Crippen LogP contribution is 2.50. The normalized spacial score (nSPS) is 16.2. The van der Waals surface area contributed by atoms with Gasteiger partial charge in [-0.15, -0.1) is 11.3 Å². The molecule has 1 aliphatic rings. The van der Waals surface area contributed by atoms with Crippen LogP contribution in [0.3, 0.4) is 0 Å². The summed E-state index contributed by atoms with van der Waals surface area (Å²) in [7, 11) is 0. The fraction of sp³-hybridized carbons (Fsp3) is 0.545. The molecule has 1 heterocycles. The summed E-state index contributed by atoms with van der Waals surface area (Å²) >= 11 is 2.88. The van der Waals surface area contributed by atoms with E-state index in [1.807, 2.05) is 0 Å². The van der Waals surface area contributed by atoms with Crippen molar-refractivity contribution < 1.29 is 14.7 Å². The van der Waals surface area contributed by atoms with Gasteiger partial charge in [0.05, 0.1) is 12.2 Å². The molecule has 1 aromatic rings. The first-order valence-electron chi connectivity index (χ1n) is 5.59. The van der Waals surface area contributed by atoms with Gasteiger partial charge in [-0.1, -0.05) is 0 Å². The van der Waals surface area contributed by atoms with Crippen molar-refractivity contribution in [3.05, 3.63) is 11.6 Å². The molecule has 0 aliphatic heterocycles. The Balaban J connectivity index is 1.66. The molecule has 0 radical (unpaired) electrons. The Labute approximate surface area is 113 Å². The lowest BCUT2D eigenvalue weighted by Gasteiger charge is -2.11. The summed E-state index contributed by atoms with van der Waals surface area (Å²) in [5.74, 6) is 0.257. The van der Waals surface area contributed by atoms with Gasteiger partial charge in [0.25, 0.3) is 0 Å². The number of nitrogens with one attached hydrogen (secondary N) is 1. The molecule has 1 fully saturated rings. The van der Waals surface area contributed by atoms with Crippen LogP contribution in [0.1, 0.15) is 19.3 Å². The molecule has 0 aromatic carbocycles. The van der Waals surface area contributed by atoms with Crippen LogP contribution in [0.2, 0.25) is 0 Å². The highest BCUT2D eigenvalue weighted by Gasteiger charge is 2.44. The summed E-state index contributed by atoms with van der Waals surface area (Å²) in [4.78, 5) is 26.2. The molecular formula is C11H14N2O3S2. The van der Waals surface area contributed by atoms with Crippen molar-refractivity contribution in [3.8, 4) is 0 Å². The minimum Gasteiger partial charge on any atom is -0.481 e. The Kier molecular flexibility index (Phi) is 4.23. The number of aromatic nitrogens is 1. The van der Waals surface area contributed by atoms with Crippen molar-refractivity contribution in [1.82, 2.24) is 4.98 Å². The van der Waals surface area contributed by atoms with Crippen LogP contribution in [0.5, 0.6) is 0 Å². The van der Waals surface area contributed by atoms with Crippen LogP contribution >= 0.6 is 23.1 Å². The van der Waals surface area contributed by atoms with Crippen molar-refractivity contribution in [3.63, 3.8) is 0 Å². The smallest absolute Gasteiger partial charge is 0.303 e. The van der Waals surface area contributed by atoms with E-state index in [1.54, 1.807) is 11.6 Å². The molecule has 18 heavy (non-hydrogen) atoms. The van der Waals surface area contributed by atoms with E-state index in [0.717, 1.165) is 18.6 Å². The van der Waals surface area contributed by atoms with Crippen LogP contribution in [0.25, 0.3) is 0 Å². The van der Waals surface area contributed by atoms with E-state index >= 15 is 0 Å². The fourth-order valence-corrected chi connectivity index (χ4v) is 3.40. The average molecular weight is 286 g/mol. The van der Waals surface area contributed by atoms with Crippen LogP contribution in [0.15, 0.2) is 11.6 Å². The monoisotopic (exact) mass is 286 g/mol. The molecule has 1 amide bonds. The van der Waals surface area contributed by atoms with Crippen LogP contribution in [0, 0.1) is 5.41 Å². The zero-order chi connectivity index (χ0) is 13.0. The molecule has 2 N–H and O–H groups in total. The van der Waals surface area contributed by atoms with Crippen molar-refractivity contribution in [2.24, 2.45) is 5.41 Å². The molecule has 0 spiro atoms. The quantitative estimate of drug-likeness (QED) is 0.802. The van der Waals surface area contributed by atoms with Crippen LogP contribution in [0.4, 0.5) is 5.13 Å². The lowest BCUT2D eigenvalue weighted by Crippen LogP contribution is -2.16. The molecule has 1 aliphatic carbocycles. The molecular weight excluding hydrogens is 272 g/mol. The molecule has 5 nitrogen and oxygen atoms in total. The van der Waals surface area contributed by atoms with Gasteiger partial charge in [-0.05, 0) is 24.0 Å². The summed E-state index contributed by atoms with van der Waals surface area (Å²) in [6, 6.07) is 0. The van der Waals surface area contributed by atoms with Gasteiger partial charge in [0.15, 0.2) is 5.13 Å². The fourth-order valence-electron chi connectivity index (χ4n) is 1.67. The summed E-state index contributed by atoms with van der Waals surface area (Å²) in [5.41, 5.74) is -0.0576. The van der Waals surface area contributed by atoms with E-state index in [1.165, 1.54) is 23.1 Å². The molecule has 7 heteroatoms. The number of hydrogen-bond acceptors (Lipinski definition) is 5. The maximum Gasteiger partial charge on any atom is 0.303 e. The second-order valence-electron chi connectivity index (χ2n) is 4.45. The van der Waals surface area contributed by atoms with Crippen LogP contribution < -0.4 is 5.32 Å². The minimum absolute atomic E-state index is 0.0576. The largest absolute Gasteiger partial charge is 0.481 e. The second kappa shape index (κ2) is 5.71. The molecule has 0 unspecified atom stereocenters. The number of aliphatic carboxylic acids is 1. The van der Waals surface area contributed by atoms with E-state index in [0.29, 0.717) is 10.9 Å². The zero-order valence-corrected chi connectivity index (χ0v) is 11.4. The Morgan fingerprint density at radius 3 is 2.89 bits per heavy atom. The third kappa shape index (κ3) is 3.99. The van der Waals surface area contributed by atoms with Crippen molar-refractivity contribution in [2.75, 3.05) is 16.8 Å². The Morgan fingerprint density at radius 1 is 1.56 bits per heavy atom. The van der Waals surface area contributed by atoms with Crippen LogP contribution in [-0.4, -0.2) is 33.5 Å². The lowest BCUT2D eigenvalue weighted by atomic mass is 10.1. The number of carboxylic acid groups (broad SMARTS) is 1. The number of anilines is 1. The van der Waals surface area contributed by atoms with Gasteiger partial charge in [-0.3, -0.25) is 9.59 Å². The van der Waals surface area contributed by atoms with E-state index in [4.69, 9.17) is 5.11 Å². The number of thiazole rings is 1. The molecule has 0 bridgehead atoms. The maximum absolute atomic E-state index is 11.6. The summed E-state index contributed by atoms with van der Waals surface area (Å²) in [5, 5.41) is 13.9. The number of carboxylic acids is 1. The lowest BCUT2D eigenvalue weighted by molar-refractivity contribution is -0.138. The first kappa shape index (κ1) is 13.4. The van der Waals surface area contributed by atoms with Gasteiger partial charge in [0.2, 0.25) is 5.91 Å². The third-order valence-corrected chi connectivity index (χ3v) is 4.77. The zero-order valence-electron chi connectivity index (χ0n) is 9.72. The number of carbonyl (C=O) groups is 2. The number of rotatable bonds is 7. The topological polar surface area (TPSA) is 79.3 Å². The van der Waals surface area contributed by atoms with Gasteiger partial charge in [0, 0.05) is 11.6 Å². The maximum atomic E-state index is 11.6. The summed E-state index contributed by atoms with van der Waals surface area (Å²) in [6.45, 7) is 0. The van der Waals surface area contributed by atoms with Crippen molar-refractivity contribution in [1.29, 1.82) is 0 Å². The Hall–Kier alpha value is -1.08. The SMILES string of the molecule is O=C(O)CC1(CSCC(=O)Nc2nccs2)CC1. The predicted octanol–water partition coefficient (Wildman–Crippen LogP) is 2.07. The molecule has 0 saturated heterocycles. The van der Waals surface area contributed by atoms with Crippen molar-refractivity contribution >= 4 is 40.1 Å². The minimum atomic E-state index is -0.750. The molecule has 2 rings (SSSR count). The highest BCUT2D eigenvalue weighted by molar-refractivity contribution is 8.00. The van der Waals surface area contributed by atoms with Gasteiger partial charge in [-0.25, -0.2) is 4.98 Å². The standard InChI is InChI=1S/C11H14N2O3S2/c14-8(13-10-12-3-4-18-10)6-17-7-11(1-2-11)5-9(15)16/h3-4H,1-2,5-7H2,(H,15,16)(H,12,13,14). The first-order valence-corrected chi connectivity index (χ1v) is 7.62. The molecule has 0 atom stereocenters. The predicted molar refractivity (Wildman–Crippen MR) is 72.0 cm³/mol. The van der Waals surface area contributed by atoms with E-state index in [9.17, 15) is 9.59 Å². The highest BCUT2D eigenvalue weighted by atomic mass is 32.2. The Bertz CT molecular complexity index is 430. The number of nitrogens with zero attached hydrogens (tertiary/aromatic N) is 1. The molecule has 98 valence electrons. The van der Waals surface area contributed by atoms with Gasteiger partial charge in [-0.2, -0.15) is 11.8 Å². The number of amides is 1. The number of carbonyl (C=O) groups excluding carboxylic acids is 1. The van der Waals surface area contributed by atoms with E-state index in [-0.39, 0.29) is 17.7 Å². The number of hydrogen-bond donors (Lipinski definition) is 2. The van der Waals surface area contributed by atoms with E-state index < -0.39 is 5.97 Å². The molecule has 1 aromatic heterocycles. The van der Waals surface area contributed by atoms with Crippen LogP contribution in [-0.2, 0) is 9.59 Å². The summed E-state index contributed by atoms with van der Waals surface area (Å²) in [6.07, 6.45) is 3.77.